The predicted octanol–water partition coefficient (Wildman–Crippen LogP) is 4.72. The molecule has 31 heavy (non-hydrogen) atoms. The van der Waals surface area contributed by atoms with Crippen molar-refractivity contribution in [2.75, 3.05) is 13.2 Å². The molecular weight excluding hydrogens is 396 g/mol. The molecule has 1 aromatic heterocycles. The molecular formula is C24H32N2O5. The van der Waals surface area contributed by atoms with Gasteiger partial charge >= 0.3 is 12.1 Å². The molecule has 1 aliphatic rings. The van der Waals surface area contributed by atoms with Gasteiger partial charge in [0.15, 0.2) is 5.78 Å². The van der Waals surface area contributed by atoms with Crippen LogP contribution in [0.25, 0.3) is 10.9 Å². The van der Waals surface area contributed by atoms with E-state index in [-0.39, 0.29) is 17.8 Å². The number of ether oxygens (including phenoxy) is 2. The van der Waals surface area contributed by atoms with Gasteiger partial charge < -0.3 is 19.4 Å². The average molecular weight is 429 g/mol. The number of aromatic nitrogens is 1. The maximum absolute atomic E-state index is 12.7. The Kier molecular flexibility index (Phi) is 6.43. The first-order valence-corrected chi connectivity index (χ1v) is 10.8. The van der Waals surface area contributed by atoms with Gasteiger partial charge in [0.2, 0.25) is 0 Å². The first kappa shape index (κ1) is 22.8. The zero-order valence-corrected chi connectivity index (χ0v) is 19.0. The van der Waals surface area contributed by atoms with Gasteiger partial charge in [-0.15, -0.1) is 0 Å². The number of esters is 1. The molecule has 1 amide bonds. The number of alkyl carbamates (subject to hydrolysis) is 1. The van der Waals surface area contributed by atoms with Gasteiger partial charge in [-0.2, -0.15) is 0 Å². The Hall–Kier alpha value is -2.83. The molecule has 0 bridgehead atoms. The van der Waals surface area contributed by atoms with Gasteiger partial charge in [-0.3, -0.25) is 4.79 Å². The minimum absolute atomic E-state index is 0.0303. The average Bonchev–Trinajstić information content (AvgIpc) is 3.00. The molecule has 7 nitrogen and oxygen atoms in total. The molecule has 1 N–H and O–H groups in total. The molecule has 3 rings (SSSR count). The lowest BCUT2D eigenvalue weighted by molar-refractivity contribution is 0.0408. The fourth-order valence-electron chi connectivity index (χ4n) is 3.99. The highest BCUT2D eigenvalue weighted by molar-refractivity contribution is 6.00. The molecule has 0 aliphatic heterocycles. The first-order chi connectivity index (χ1) is 14.5. The van der Waals surface area contributed by atoms with E-state index in [1.165, 1.54) is 6.92 Å². The molecule has 1 aliphatic carbocycles. The van der Waals surface area contributed by atoms with E-state index in [9.17, 15) is 14.4 Å². The van der Waals surface area contributed by atoms with Gasteiger partial charge in [0.1, 0.15) is 11.3 Å². The van der Waals surface area contributed by atoms with Crippen molar-refractivity contribution in [3.05, 3.63) is 35.5 Å². The van der Waals surface area contributed by atoms with Crippen LogP contribution in [0, 0.1) is 5.41 Å². The number of fused-ring (bicyclic) bond motifs is 1. The molecule has 1 fully saturated rings. The molecule has 1 aromatic carbocycles. The van der Waals surface area contributed by atoms with Crippen LogP contribution < -0.4 is 5.32 Å². The molecule has 1 heterocycles. The van der Waals surface area contributed by atoms with Crippen LogP contribution in [-0.4, -0.2) is 41.2 Å². The van der Waals surface area contributed by atoms with Crippen LogP contribution in [0.1, 0.15) is 74.7 Å². The summed E-state index contributed by atoms with van der Waals surface area (Å²) in [6.45, 7) is 10.1. The topological polar surface area (TPSA) is 86.6 Å². The lowest BCUT2D eigenvalue weighted by Gasteiger charge is -2.42. The fraction of sp³-hybridized carbons (Fsp3) is 0.542. The summed E-state index contributed by atoms with van der Waals surface area (Å²) in [5.74, 6) is -0.421. The minimum atomic E-state index is -0.562. The van der Waals surface area contributed by atoms with Gasteiger partial charge in [0.25, 0.3) is 0 Å². The summed E-state index contributed by atoms with van der Waals surface area (Å²) in [6.07, 6.45) is 2.47. The smallest absolute Gasteiger partial charge is 0.407 e. The largest absolute Gasteiger partial charge is 0.461 e. The van der Waals surface area contributed by atoms with Crippen LogP contribution in [0.4, 0.5) is 4.79 Å². The molecule has 0 unspecified atom stereocenters. The summed E-state index contributed by atoms with van der Waals surface area (Å²) in [5, 5.41) is 3.78. The highest BCUT2D eigenvalue weighted by Crippen LogP contribution is 2.43. The quantitative estimate of drug-likeness (QED) is 0.510. The van der Waals surface area contributed by atoms with Crippen molar-refractivity contribution >= 4 is 28.7 Å². The summed E-state index contributed by atoms with van der Waals surface area (Å²) < 4.78 is 12.6. The van der Waals surface area contributed by atoms with Gasteiger partial charge in [-0.05, 0) is 59.6 Å². The maximum atomic E-state index is 12.7. The lowest BCUT2D eigenvalue weighted by Crippen LogP contribution is -2.46. The van der Waals surface area contributed by atoms with E-state index in [0.717, 1.165) is 30.2 Å². The van der Waals surface area contributed by atoms with Crippen molar-refractivity contribution in [1.29, 1.82) is 0 Å². The number of nitrogens with zero attached hydrogens (tertiary/aromatic N) is 1. The van der Waals surface area contributed by atoms with Crippen LogP contribution in [-0.2, 0) is 16.0 Å². The molecule has 2 aromatic rings. The van der Waals surface area contributed by atoms with Crippen molar-refractivity contribution < 1.29 is 23.9 Å². The van der Waals surface area contributed by atoms with Crippen LogP contribution >= 0.6 is 0 Å². The zero-order valence-electron chi connectivity index (χ0n) is 19.0. The Labute approximate surface area is 183 Å². The number of hydrogen-bond donors (Lipinski definition) is 1. The van der Waals surface area contributed by atoms with E-state index in [1.807, 2.05) is 43.5 Å². The highest BCUT2D eigenvalue weighted by Gasteiger charge is 2.39. The Balaban J connectivity index is 1.92. The molecule has 0 radical (unpaired) electrons. The van der Waals surface area contributed by atoms with Crippen LogP contribution in [0.5, 0.6) is 0 Å². The summed E-state index contributed by atoms with van der Waals surface area (Å²) >= 11 is 0. The van der Waals surface area contributed by atoms with Crippen molar-refractivity contribution in [3.8, 4) is 0 Å². The summed E-state index contributed by atoms with van der Waals surface area (Å²) in [4.78, 5) is 36.8. The molecule has 0 spiro atoms. The second-order valence-corrected chi connectivity index (χ2v) is 9.37. The van der Waals surface area contributed by atoms with Gasteiger partial charge in [-0.1, -0.05) is 18.6 Å². The highest BCUT2D eigenvalue weighted by atomic mass is 16.6. The van der Waals surface area contributed by atoms with Crippen LogP contribution in [0.3, 0.4) is 0 Å². The molecule has 0 saturated heterocycles. The third-order valence-electron chi connectivity index (χ3n) is 5.71. The molecule has 168 valence electrons. The monoisotopic (exact) mass is 428 g/mol. The summed E-state index contributed by atoms with van der Waals surface area (Å²) in [5.41, 5.74) is 1.13. The number of ketones is 1. The van der Waals surface area contributed by atoms with E-state index in [1.54, 1.807) is 13.0 Å². The van der Waals surface area contributed by atoms with Crippen molar-refractivity contribution in [2.45, 2.75) is 66.0 Å². The van der Waals surface area contributed by atoms with E-state index in [2.05, 4.69) is 5.32 Å². The van der Waals surface area contributed by atoms with Crippen molar-refractivity contribution in [2.24, 2.45) is 5.41 Å². The third-order valence-corrected chi connectivity index (χ3v) is 5.71. The number of carbonyl (C=O) groups is 3. The molecule has 0 atom stereocenters. The number of nitrogens with one attached hydrogen (secondary N) is 1. The Morgan fingerprint density at radius 2 is 1.87 bits per heavy atom. The normalized spacial score (nSPS) is 15.3. The van der Waals surface area contributed by atoms with Crippen LogP contribution in [0.15, 0.2) is 24.3 Å². The summed E-state index contributed by atoms with van der Waals surface area (Å²) in [6, 6.07) is 7.27. The van der Waals surface area contributed by atoms with Gasteiger partial charge in [-0.25, -0.2) is 9.59 Å². The standard InChI is InChI=1S/C24H32N2O5/c1-6-30-21(28)20-13-18-9-8-17(16(2)27)12-19(18)26(20)15-24(10-7-11-24)14-25-22(29)31-23(3,4)5/h8-9,12-13H,6-7,10-11,14-15H2,1-5H3,(H,25,29). The number of hydrogen-bond acceptors (Lipinski definition) is 5. The Morgan fingerprint density at radius 1 is 1.16 bits per heavy atom. The second-order valence-electron chi connectivity index (χ2n) is 9.37. The third kappa shape index (κ3) is 5.27. The fourth-order valence-corrected chi connectivity index (χ4v) is 3.99. The predicted molar refractivity (Wildman–Crippen MR) is 118 cm³/mol. The number of rotatable bonds is 7. The maximum Gasteiger partial charge on any atom is 0.407 e. The van der Waals surface area contributed by atoms with E-state index in [4.69, 9.17) is 9.47 Å². The minimum Gasteiger partial charge on any atom is -0.461 e. The molecule has 7 heteroatoms. The SMILES string of the molecule is CCOC(=O)c1cc2ccc(C(C)=O)cc2n1CC1(CNC(=O)OC(C)(C)C)CCC1. The van der Waals surface area contributed by atoms with E-state index >= 15 is 0 Å². The van der Waals surface area contributed by atoms with Crippen molar-refractivity contribution in [3.63, 3.8) is 0 Å². The number of amides is 1. The van der Waals surface area contributed by atoms with Gasteiger partial charge in [0, 0.05) is 35.0 Å². The Bertz CT molecular complexity index is 995. The van der Waals surface area contributed by atoms with E-state index in [0.29, 0.717) is 24.3 Å². The van der Waals surface area contributed by atoms with Crippen molar-refractivity contribution in [1.82, 2.24) is 9.88 Å². The van der Waals surface area contributed by atoms with Crippen LogP contribution in [0.2, 0.25) is 0 Å². The second kappa shape index (κ2) is 8.73. The van der Waals surface area contributed by atoms with Gasteiger partial charge in [0.05, 0.1) is 6.61 Å². The number of carbonyl (C=O) groups excluding carboxylic acids is 3. The number of benzene rings is 1. The van der Waals surface area contributed by atoms with E-state index < -0.39 is 17.7 Å². The zero-order chi connectivity index (χ0) is 22.8. The lowest BCUT2D eigenvalue weighted by atomic mass is 9.68. The number of Topliss-reactive ketones (excluding diaryl/α,β-unsaturated/α-hetero) is 1. The Morgan fingerprint density at radius 3 is 2.42 bits per heavy atom. The molecule has 1 saturated carbocycles. The first-order valence-electron chi connectivity index (χ1n) is 10.8. The summed E-state index contributed by atoms with van der Waals surface area (Å²) in [7, 11) is 0.